The zero-order chi connectivity index (χ0) is 7.56. The molecule has 0 aliphatic carbocycles. The van der Waals surface area contributed by atoms with Gasteiger partial charge in [0.1, 0.15) is 5.78 Å². The molecule has 56 valence electrons. The Bertz CT molecular complexity index is 165. The van der Waals surface area contributed by atoms with E-state index >= 15 is 0 Å². The van der Waals surface area contributed by atoms with Crippen LogP contribution in [0.5, 0.6) is 0 Å². The van der Waals surface area contributed by atoms with Crippen LogP contribution >= 0.6 is 11.8 Å². The van der Waals surface area contributed by atoms with Crippen molar-refractivity contribution < 1.29 is 9.59 Å². The van der Waals surface area contributed by atoms with Gasteiger partial charge in [-0.15, -0.1) is 0 Å². The van der Waals surface area contributed by atoms with Crippen molar-refractivity contribution in [3.05, 3.63) is 0 Å². The van der Waals surface area contributed by atoms with Gasteiger partial charge in [-0.3, -0.25) is 4.79 Å². The first-order chi connectivity index (χ1) is 4.70. The first-order valence-corrected chi connectivity index (χ1v) is 4.35. The van der Waals surface area contributed by atoms with Gasteiger partial charge in [-0.1, -0.05) is 11.8 Å². The Hall–Kier alpha value is -0.310. The van der Waals surface area contributed by atoms with E-state index in [0.717, 1.165) is 12.2 Å². The molecular weight excluding hydrogens is 148 g/mol. The van der Waals surface area contributed by atoms with Crippen molar-refractivity contribution in [1.29, 1.82) is 0 Å². The van der Waals surface area contributed by atoms with Crippen LogP contribution in [-0.2, 0) is 9.59 Å². The van der Waals surface area contributed by atoms with E-state index in [-0.39, 0.29) is 16.8 Å². The van der Waals surface area contributed by atoms with Gasteiger partial charge in [0.25, 0.3) is 0 Å². The van der Waals surface area contributed by atoms with Gasteiger partial charge in [0, 0.05) is 18.1 Å². The molecule has 0 aromatic rings. The third kappa shape index (κ3) is 1.84. The van der Waals surface area contributed by atoms with Crippen molar-refractivity contribution in [3.63, 3.8) is 0 Å². The summed E-state index contributed by atoms with van der Waals surface area (Å²) in [5, 5.41) is 0.204. The number of rotatable bonds is 2. The number of carbonyl (C=O) groups excluding carboxylic acids is 2. The van der Waals surface area contributed by atoms with Gasteiger partial charge < -0.3 is 4.79 Å². The summed E-state index contributed by atoms with van der Waals surface area (Å²) in [6.07, 6.45) is 1.34. The highest BCUT2D eigenvalue weighted by atomic mass is 32.2. The predicted molar refractivity (Wildman–Crippen MR) is 40.9 cm³/mol. The molecule has 1 fully saturated rings. The molecule has 1 heterocycles. The van der Waals surface area contributed by atoms with E-state index < -0.39 is 0 Å². The molecule has 1 aliphatic heterocycles. The van der Waals surface area contributed by atoms with Crippen molar-refractivity contribution in [2.24, 2.45) is 5.92 Å². The summed E-state index contributed by atoms with van der Waals surface area (Å²) in [4.78, 5) is 21.5. The second kappa shape index (κ2) is 3.19. The Labute approximate surface area is 64.4 Å². The third-order valence-electron chi connectivity index (χ3n) is 1.58. The Kier molecular flexibility index (Phi) is 2.49. The van der Waals surface area contributed by atoms with E-state index in [9.17, 15) is 9.59 Å². The summed E-state index contributed by atoms with van der Waals surface area (Å²) < 4.78 is 0. The molecule has 3 heteroatoms. The molecule has 1 rings (SSSR count). The van der Waals surface area contributed by atoms with Gasteiger partial charge >= 0.3 is 0 Å². The lowest BCUT2D eigenvalue weighted by molar-refractivity contribution is -0.122. The van der Waals surface area contributed by atoms with Crippen LogP contribution in [0.1, 0.15) is 19.8 Å². The highest BCUT2D eigenvalue weighted by Crippen LogP contribution is 2.27. The van der Waals surface area contributed by atoms with Gasteiger partial charge in [-0.05, 0) is 13.3 Å². The lowest BCUT2D eigenvalue weighted by atomic mass is 10.0. The van der Waals surface area contributed by atoms with Crippen LogP contribution < -0.4 is 0 Å². The molecule has 0 bridgehead atoms. The number of hydrogen-bond acceptors (Lipinski definition) is 3. The van der Waals surface area contributed by atoms with Gasteiger partial charge in [0.2, 0.25) is 0 Å². The first kappa shape index (κ1) is 7.79. The summed E-state index contributed by atoms with van der Waals surface area (Å²) >= 11 is 1.36. The lowest BCUT2D eigenvalue weighted by Gasteiger charge is -2.00. The standard InChI is InChI=1S/C7H10O2S/c1-5(8)4-6-2-3-10-7(6)9/h6H,2-4H2,1H3. The largest absolute Gasteiger partial charge is 0.300 e. The maximum absolute atomic E-state index is 10.9. The van der Waals surface area contributed by atoms with Crippen molar-refractivity contribution in [2.45, 2.75) is 19.8 Å². The summed E-state index contributed by atoms with van der Waals surface area (Å²) in [6, 6.07) is 0. The van der Waals surface area contributed by atoms with Gasteiger partial charge in [0.15, 0.2) is 5.12 Å². The maximum atomic E-state index is 10.9. The number of carbonyl (C=O) groups is 2. The van der Waals surface area contributed by atoms with Gasteiger partial charge in [-0.2, -0.15) is 0 Å². The highest BCUT2D eigenvalue weighted by molar-refractivity contribution is 8.14. The second-order valence-corrected chi connectivity index (χ2v) is 3.66. The summed E-state index contributed by atoms with van der Waals surface area (Å²) in [7, 11) is 0. The smallest absolute Gasteiger partial charge is 0.192 e. The SMILES string of the molecule is CC(=O)CC1CCSC1=O. The van der Waals surface area contributed by atoms with Crippen LogP contribution in [0.2, 0.25) is 0 Å². The minimum atomic E-state index is 0.0301. The van der Waals surface area contributed by atoms with Crippen molar-refractivity contribution in [3.8, 4) is 0 Å². The normalized spacial score (nSPS) is 25.3. The predicted octanol–water partition coefficient (Wildman–Crippen LogP) is 1.25. The van der Waals surface area contributed by atoms with Crippen molar-refractivity contribution in [1.82, 2.24) is 0 Å². The van der Waals surface area contributed by atoms with Crippen LogP contribution in [-0.4, -0.2) is 16.7 Å². The second-order valence-electron chi connectivity index (χ2n) is 2.56. The fourth-order valence-corrected chi connectivity index (χ4v) is 2.11. The number of ketones is 1. The Morgan fingerprint density at radius 1 is 1.80 bits per heavy atom. The van der Waals surface area contributed by atoms with Crippen LogP contribution in [0.25, 0.3) is 0 Å². The van der Waals surface area contributed by atoms with E-state index in [1.807, 2.05) is 0 Å². The Morgan fingerprint density at radius 2 is 2.50 bits per heavy atom. The molecule has 0 amide bonds. The van der Waals surface area contributed by atoms with E-state index in [4.69, 9.17) is 0 Å². The van der Waals surface area contributed by atoms with E-state index in [1.54, 1.807) is 0 Å². The van der Waals surface area contributed by atoms with Crippen LogP contribution in [0.3, 0.4) is 0 Å². The average Bonchev–Trinajstić information content (AvgIpc) is 2.15. The summed E-state index contributed by atoms with van der Waals surface area (Å²) in [5.41, 5.74) is 0. The van der Waals surface area contributed by atoms with Crippen LogP contribution in [0, 0.1) is 5.92 Å². The third-order valence-corrected chi connectivity index (χ3v) is 2.64. The van der Waals surface area contributed by atoms with Crippen molar-refractivity contribution in [2.75, 3.05) is 5.75 Å². The topological polar surface area (TPSA) is 34.1 Å². The number of Topliss-reactive ketones (excluding diaryl/α,β-unsaturated/α-hetero) is 1. The molecule has 0 aromatic carbocycles. The number of hydrogen-bond donors (Lipinski definition) is 0. The fourth-order valence-electron chi connectivity index (χ4n) is 1.07. The molecule has 0 radical (unpaired) electrons. The molecule has 0 N–H and O–H groups in total. The summed E-state index contributed by atoms with van der Waals surface area (Å²) in [6.45, 7) is 1.54. The average molecular weight is 158 g/mol. The molecule has 0 aromatic heterocycles. The van der Waals surface area contributed by atoms with Crippen LogP contribution in [0.4, 0.5) is 0 Å². The van der Waals surface area contributed by atoms with E-state index in [1.165, 1.54) is 18.7 Å². The van der Waals surface area contributed by atoms with E-state index in [2.05, 4.69) is 0 Å². The van der Waals surface area contributed by atoms with Gasteiger partial charge in [0.05, 0.1) is 0 Å². The lowest BCUT2D eigenvalue weighted by Crippen LogP contribution is -2.08. The molecule has 0 spiro atoms. The maximum Gasteiger partial charge on any atom is 0.192 e. The van der Waals surface area contributed by atoms with E-state index in [0.29, 0.717) is 6.42 Å². The van der Waals surface area contributed by atoms with Crippen molar-refractivity contribution >= 4 is 22.7 Å². The first-order valence-electron chi connectivity index (χ1n) is 3.36. The fraction of sp³-hybridized carbons (Fsp3) is 0.714. The summed E-state index contributed by atoms with van der Waals surface area (Å²) in [5.74, 6) is 1.06. The Balaban J connectivity index is 2.40. The molecule has 1 aliphatic rings. The molecule has 0 saturated carbocycles. The Morgan fingerprint density at radius 3 is 2.90 bits per heavy atom. The zero-order valence-corrected chi connectivity index (χ0v) is 6.74. The minimum Gasteiger partial charge on any atom is -0.300 e. The van der Waals surface area contributed by atoms with Gasteiger partial charge in [-0.25, -0.2) is 0 Å². The molecular formula is C7H10O2S. The zero-order valence-electron chi connectivity index (χ0n) is 5.92. The molecule has 2 nitrogen and oxygen atoms in total. The van der Waals surface area contributed by atoms with Crippen LogP contribution in [0.15, 0.2) is 0 Å². The monoisotopic (exact) mass is 158 g/mol. The molecule has 1 saturated heterocycles. The highest BCUT2D eigenvalue weighted by Gasteiger charge is 2.25. The quantitative estimate of drug-likeness (QED) is 0.606. The number of thioether (sulfide) groups is 1. The minimum absolute atomic E-state index is 0.0301. The molecule has 1 unspecified atom stereocenters. The molecule has 1 atom stereocenters. The molecule has 10 heavy (non-hydrogen) atoms.